The van der Waals surface area contributed by atoms with Gasteiger partial charge in [0.25, 0.3) is 5.22 Å². The molecular weight excluding hydrogens is 340 g/mol. The van der Waals surface area contributed by atoms with Gasteiger partial charge in [0.15, 0.2) is 5.76 Å². The highest BCUT2D eigenvalue weighted by Crippen LogP contribution is 2.27. The highest BCUT2D eigenvalue weighted by Gasteiger charge is 2.14. The summed E-state index contributed by atoms with van der Waals surface area (Å²) in [5.74, 6) is 2.37. The molecule has 0 unspecified atom stereocenters. The van der Waals surface area contributed by atoms with Crippen molar-refractivity contribution in [2.75, 3.05) is 0 Å². The van der Waals surface area contributed by atoms with E-state index >= 15 is 0 Å². The fourth-order valence-corrected chi connectivity index (χ4v) is 3.03. The number of hydrogen-bond acceptors (Lipinski definition) is 8. The summed E-state index contributed by atoms with van der Waals surface area (Å²) in [4.78, 5) is 4.27. The molecule has 0 amide bonds. The largest absolute Gasteiger partial charge is 0.461 e. The van der Waals surface area contributed by atoms with Crippen LogP contribution in [0.3, 0.4) is 0 Å². The molecule has 0 saturated carbocycles. The van der Waals surface area contributed by atoms with Crippen LogP contribution >= 0.6 is 11.8 Å². The Hall–Kier alpha value is -2.87. The van der Waals surface area contributed by atoms with Crippen molar-refractivity contribution in [2.45, 2.75) is 24.8 Å². The normalized spacial score (nSPS) is 11.1. The van der Waals surface area contributed by atoms with E-state index in [0.29, 0.717) is 34.3 Å². The number of rotatable bonds is 5. The molecule has 8 heteroatoms. The van der Waals surface area contributed by atoms with Crippen LogP contribution in [-0.2, 0) is 5.75 Å². The molecule has 0 aliphatic rings. The standard InChI is InChI=1S/C17H14N4O3S/c1-10-6-11(2)8-12(7-10)16-19-20-17(23-16)25-9-14-18-15(21-24-14)13-4-3-5-22-13/h3-8H,9H2,1-2H3. The molecule has 25 heavy (non-hydrogen) atoms. The Morgan fingerprint density at radius 2 is 1.92 bits per heavy atom. The number of benzene rings is 1. The molecule has 126 valence electrons. The van der Waals surface area contributed by atoms with Gasteiger partial charge < -0.3 is 13.4 Å². The van der Waals surface area contributed by atoms with Crippen LogP contribution in [-0.4, -0.2) is 20.3 Å². The minimum atomic E-state index is 0.419. The Balaban J connectivity index is 1.45. The molecule has 1 aromatic carbocycles. The van der Waals surface area contributed by atoms with E-state index in [-0.39, 0.29) is 0 Å². The fraction of sp³-hybridized carbons (Fsp3) is 0.176. The summed E-state index contributed by atoms with van der Waals surface area (Å²) in [6, 6.07) is 9.68. The summed E-state index contributed by atoms with van der Waals surface area (Å²) in [5, 5.41) is 12.5. The van der Waals surface area contributed by atoms with E-state index in [1.54, 1.807) is 18.4 Å². The zero-order valence-electron chi connectivity index (χ0n) is 13.6. The van der Waals surface area contributed by atoms with E-state index in [2.05, 4.69) is 26.4 Å². The first-order valence-corrected chi connectivity index (χ1v) is 8.57. The van der Waals surface area contributed by atoms with Gasteiger partial charge in [0.05, 0.1) is 12.0 Å². The SMILES string of the molecule is Cc1cc(C)cc(-c2nnc(SCc3nc(-c4ccco4)no3)o2)c1. The van der Waals surface area contributed by atoms with Crippen molar-refractivity contribution in [1.82, 2.24) is 20.3 Å². The maximum atomic E-state index is 5.71. The van der Waals surface area contributed by atoms with Crippen LogP contribution < -0.4 is 0 Å². The van der Waals surface area contributed by atoms with E-state index in [1.165, 1.54) is 11.8 Å². The lowest BCUT2D eigenvalue weighted by atomic mass is 10.1. The van der Waals surface area contributed by atoms with Crippen molar-refractivity contribution >= 4 is 11.8 Å². The first-order valence-electron chi connectivity index (χ1n) is 7.59. The number of aromatic nitrogens is 4. The molecule has 4 aromatic rings. The van der Waals surface area contributed by atoms with Crippen molar-refractivity contribution in [3.8, 4) is 23.0 Å². The first kappa shape index (κ1) is 15.6. The van der Waals surface area contributed by atoms with Gasteiger partial charge >= 0.3 is 0 Å². The van der Waals surface area contributed by atoms with Crippen LogP contribution in [0, 0.1) is 13.8 Å². The van der Waals surface area contributed by atoms with E-state index in [4.69, 9.17) is 13.4 Å². The van der Waals surface area contributed by atoms with Gasteiger partial charge in [-0.05, 0) is 38.1 Å². The van der Waals surface area contributed by atoms with Crippen LogP contribution in [0.5, 0.6) is 0 Å². The molecule has 0 spiro atoms. The van der Waals surface area contributed by atoms with Crippen LogP contribution in [0.15, 0.2) is 55.2 Å². The summed E-state index contributed by atoms with van der Waals surface area (Å²) >= 11 is 1.34. The molecule has 0 radical (unpaired) electrons. The second kappa shape index (κ2) is 6.56. The third kappa shape index (κ3) is 3.48. The third-order valence-corrected chi connectivity index (χ3v) is 4.21. The Morgan fingerprint density at radius 3 is 2.68 bits per heavy atom. The molecule has 0 saturated heterocycles. The minimum Gasteiger partial charge on any atom is -0.461 e. The van der Waals surface area contributed by atoms with Gasteiger partial charge in [-0.15, -0.1) is 10.2 Å². The molecule has 0 bridgehead atoms. The Bertz CT molecular complexity index is 971. The smallest absolute Gasteiger partial charge is 0.277 e. The predicted octanol–water partition coefficient (Wildman–Crippen LogP) is 4.29. The van der Waals surface area contributed by atoms with Crippen molar-refractivity contribution in [1.29, 1.82) is 0 Å². The van der Waals surface area contributed by atoms with Crippen LogP contribution in [0.2, 0.25) is 0 Å². The Morgan fingerprint density at radius 1 is 1.08 bits per heavy atom. The minimum absolute atomic E-state index is 0.419. The van der Waals surface area contributed by atoms with E-state index < -0.39 is 0 Å². The molecule has 7 nitrogen and oxygen atoms in total. The topological polar surface area (TPSA) is 91.0 Å². The van der Waals surface area contributed by atoms with Gasteiger partial charge in [0.2, 0.25) is 17.6 Å². The lowest BCUT2D eigenvalue weighted by molar-refractivity contribution is 0.389. The number of nitrogens with zero attached hydrogens (tertiary/aromatic N) is 4. The van der Waals surface area contributed by atoms with Crippen molar-refractivity contribution < 1.29 is 13.4 Å². The molecule has 0 N–H and O–H groups in total. The molecule has 0 aliphatic carbocycles. The monoisotopic (exact) mass is 354 g/mol. The molecule has 0 fully saturated rings. The lowest BCUT2D eigenvalue weighted by Crippen LogP contribution is -1.82. The molecule has 3 heterocycles. The Labute approximate surface area is 147 Å². The second-order valence-corrected chi connectivity index (χ2v) is 6.45. The molecule has 0 aliphatic heterocycles. The lowest BCUT2D eigenvalue weighted by Gasteiger charge is -1.99. The second-order valence-electron chi connectivity index (χ2n) is 5.53. The average Bonchev–Trinajstić information content (AvgIpc) is 3.32. The zero-order chi connectivity index (χ0) is 17.2. The van der Waals surface area contributed by atoms with Crippen molar-refractivity contribution in [2.24, 2.45) is 0 Å². The Kier molecular flexibility index (Phi) is 4.10. The van der Waals surface area contributed by atoms with Gasteiger partial charge in [-0.25, -0.2) is 0 Å². The van der Waals surface area contributed by atoms with Crippen LogP contribution in [0.4, 0.5) is 0 Å². The quantitative estimate of drug-likeness (QED) is 0.490. The summed E-state index contributed by atoms with van der Waals surface area (Å²) in [7, 11) is 0. The predicted molar refractivity (Wildman–Crippen MR) is 90.8 cm³/mol. The van der Waals surface area contributed by atoms with E-state index in [0.717, 1.165) is 16.7 Å². The van der Waals surface area contributed by atoms with Crippen LogP contribution in [0.1, 0.15) is 17.0 Å². The average molecular weight is 354 g/mol. The van der Waals surface area contributed by atoms with Crippen molar-refractivity contribution in [3.63, 3.8) is 0 Å². The number of furan rings is 1. The third-order valence-electron chi connectivity index (χ3n) is 3.40. The van der Waals surface area contributed by atoms with Gasteiger partial charge in [0, 0.05) is 5.56 Å². The highest BCUT2D eigenvalue weighted by molar-refractivity contribution is 7.98. The zero-order valence-corrected chi connectivity index (χ0v) is 14.4. The summed E-state index contributed by atoms with van der Waals surface area (Å²) in [5.41, 5.74) is 3.21. The van der Waals surface area contributed by atoms with Gasteiger partial charge in [-0.2, -0.15) is 4.98 Å². The fourth-order valence-electron chi connectivity index (χ4n) is 2.43. The summed E-state index contributed by atoms with van der Waals surface area (Å²) < 4.78 is 16.1. The maximum absolute atomic E-state index is 5.71. The maximum Gasteiger partial charge on any atom is 0.277 e. The highest BCUT2D eigenvalue weighted by atomic mass is 32.2. The number of aryl methyl sites for hydroxylation is 2. The van der Waals surface area contributed by atoms with Crippen molar-refractivity contribution in [3.05, 3.63) is 53.6 Å². The molecule has 0 atom stereocenters. The first-order chi connectivity index (χ1) is 12.2. The van der Waals surface area contributed by atoms with E-state index in [9.17, 15) is 0 Å². The van der Waals surface area contributed by atoms with E-state index in [1.807, 2.05) is 26.0 Å². The van der Waals surface area contributed by atoms with Gasteiger partial charge in [-0.1, -0.05) is 34.1 Å². The van der Waals surface area contributed by atoms with Gasteiger partial charge in [0.1, 0.15) is 0 Å². The number of thioether (sulfide) groups is 1. The summed E-state index contributed by atoms with van der Waals surface area (Å²) in [6.45, 7) is 4.07. The molecule has 3 aromatic heterocycles. The number of hydrogen-bond donors (Lipinski definition) is 0. The molecule has 4 rings (SSSR count). The molecular formula is C17H14N4O3S. The van der Waals surface area contributed by atoms with Crippen LogP contribution in [0.25, 0.3) is 23.0 Å². The van der Waals surface area contributed by atoms with Gasteiger partial charge in [-0.3, -0.25) is 0 Å². The summed E-state index contributed by atoms with van der Waals surface area (Å²) in [6.07, 6.45) is 1.56.